The van der Waals surface area contributed by atoms with Crippen molar-refractivity contribution in [3.05, 3.63) is 0 Å². The Kier molecular flexibility index (Phi) is 1.53. The van der Waals surface area contributed by atoms with Gasteiger partial charge in [-0.25, -0.2) is 0 Å². The summed E-state index contributed by atoms with van der Waals surface area (Å²) in [5.74, 6) is 0.419. The third kappa shape index (κ3) is 1.25. The van der Waals surface area contributed by atoms with E-state index < -0.39 is 5.60 Å². The molecule has 0 unspecified atom stereocenters. The molecule has 1 aliphatic rings. The van der Waals surface area contributed by atoms with Crippen molar-refractivity contribution >= 4 is 0 Å². The lowest BCUT2D eigenvalue weighted by Crippen LogP contribution is -2.32. The fourth-order valence-corrected chi connectivity index (χ4v) is 1.43. The lowest BCUT2D eigenvalue weighted by molar-refractivity contribution is 0.0383. The molecule has 0 radical (unpaired) electrons. The predicted molar refractivity (Wildman–Crippen MR) is 37.3 cm³/mol. The van der Waals surface area contributed by atoms with Crippen LogP contribution in [0.4, 0.5) is 0 Å². The second-order valence-electron chi connectivity index (χ2n) is 3.45. The first-order chi connectivity index (χ1) is 4.02. The Morgan fingerprint density at radius 1 is 1.67 bits per heavy atom. The number of β-amino-alcohol motifs (C(OH)–C–C–N with tert-alkyl or cyclic N) is 1. The number of hydrogen-bond acceptors (Lipinski definition) is 2. The molecule has 0 aromatic rings. The van der Waals surface area contributed by atoms with Crippen LogP contribution in [0.25, 0.3) is 0 Å². The summed E-state index contributed by atoms with van der Waals surface area (Å²) in [6.45, 7) is 5.83. The van der Waals surface area contributed by atoms with Gasteiger partial charge in [0, 0.05) is 13.1 Å². The van der Waals surface area contributed by atoms with E-state index in [1.807, 2.05) is 14.0 Å². The summed E-state index contributed by atoms with van der Waals surface area (Å²) < 4.78 is 0. The van der Waals surface area contributed by atoms with Gasteiger partial charge in [-0.2, -0.15) is 0 Å². The molecule has 0 spiro atoms. The Morgan fingerprint density at radius 3 is 2.33 bits per heavy atom. The van der Waals surface area contributed by atoms with Gasteiger partial charge in [-0.1, -0.05) is 6.92 Å². The van der Waals surface area contributed by atoms with Crippen molar-refractivity contribution in [3.63, 3.8) is 0 Å². The highest BCUT2D eigenvalue weighted by Crippen LogP contribution is 2.24. The van der Waals surface area contributed by atoms with Crippen LogP contribution >= 0.6 is 0 Å². The van der Waals surface area contributed by atoms with Gasteiger partial charge in [-0.3, -0.25) is 0 Å². The number of likely N-dealkylation sites (tertiary alicyclic amines) is 1. The molecular formula is C7H15NO. The summed E-state index contributed by atoms with van der Waals surface area (Å²) in [7, 11) is 2.04. The van der Waals surface area contributed by atoms with Crippen molar-refractivity contribution in [2.45, 2.75) is 19.4 Å². The van der Waals surface area contributed by atoms with Gasteiger partial charge < -0.3 is 10.0 Å². The van der Waals surface area contributed by atoms with Crippen molar-refractivity contribution in [1.82, 2.24) is 4.90 Å². The zero-order valence-corrected chi connectivity index (χ0v) is 6.39. The molecule has 54 valence electrons. The average molecular weight is 129 g/mol. The van der Waals surface area contributed by atoms with Crippen molar-refractivity contribution in [2.75, 3.05) is 20.1 Å². The summed E-state index contributed by atoms with van der Waals surface area (Å²) in [4.78, 5) is 2.16. The van der Waals surface area contributed by atoms with Gasteiger partial charge in [0.1, 0.15) is 0 Å². The van der Waals surface area contributed by atoms with E-state index in [4.69, 9.17) is 0 Å². The Morgan fingerprint density at radius 2 is 2.22 bits per heavy atom. The second kappa shape index (κ2) is 1.96. The normalized spacial score (nSPS) is 46.0. The first-order valence-corrected chi connectivity index (χ1v) is 3.43. The maximum absolute atomic E-state index is 9.59. The van der Waals surface area contributed by atoms with Gasteiger partial charge in [-0.15, -0.1) is 0 Å². The minimum atomic E-state index is -0.450. The SMILES string of the molecule is C[C@H]1CN(C)C[C@]1(C)O. The van der Waals surface area contributed by atoms with E-state index >= 15 is 0 Å². The maximum Gasteiger partial charge on any atom is 0.0783 e. The molecule has 9 heavy (non-hydrogen) atoms. The minimum absolute atomic E-state index is 0.419. The molecule has 1 heterocycles. The maximum atomic E-state index is 9.59. The Labute approximate surface area is 56.5 Å². The Hall–Kier alpha value is -0.0800. The fraction of sp³-hybridized carbons (Fsp3) is 1.00. The zero-order valence-electron chi connectivity index (χ0n) is 6.39. The van der Waals surface area contributed by atoms with Crippen LogP contribution in [0.2, 0.25) is 0 Å². The third-order valence-corrected chi connectivity index (χ3v) is 2.24. The van der Waals surface area contributed by atoms with Crippen LogP contribution in [0.15, 0.2) is 0 Å². The number of nitrogens with zero attached hydrogens (tertiary/aromatic N) is 1. The summed E-state index contributed by atoms with van der Waals surface area (Å²) >= 11 is 0. The molecule has 0 aromatic heterocycles. The molecule has 1 N–H and O–H groups in total. The summed E-state index contributed by atoms with van der Waals surface area (Å²) in [5.41, 5.74) is -0.450. The van der Waals surface area contributed by atoms with E-state index in [0.29, 0.717) is 5.92 Å². The van der Waals surface area contributed by atoms with Crippen molar-refractivity contribution in [3.8, 4) is 0 Å². The van der Waals surface area contributed by atoms with Gasteiger partial charge in [0.05, 0.1) is 5.60 Å². The van der Waals surface area contributed by atoms with Crippen LogP contribution < -0.4 is 0 Å². The summed E-state index contributed by atoms with van der Waals surface area (Å²) in [5, 5.41) is 9.59. The summed E-state index contributed by atoms with van der Waals surface area (Å²) in [6, 6.07) is 0. The number of hydrogen-bond donors (Lipinski definition) is 1. The lowest BCUT2D eigenvalue weighted by Gasteiger charge is -2.20. The van der Waals surface area contributed by atoms with Gasteiger partial charge in [0.2, 0.25) is 0 Å². The highest BCUT2D eigenvalue weighted by molar-refractivity contribution is 4.89. The van der Waals surface area contributed by atoms with Gasteiger partial charge in [0.25, 0.3) is 0 Å². The third-order valence-electron chi connectivity index (χ3n) is 2.24. The Bertz CT molecular complexity index is 111. The highest BCUT2D eigenvalue weighted by Gasteiger charge is 2.36. The van der Waals surface area contributed by atoms with E-state index in [0.717, 1.165) is 13.1 Å². The van der Waals surface area contributed by atoms with Crippen molar-refractivity contribution in [1.29, 1.82) is 0 Å². The van der Waals surface area contributed by atoms with E-state index in [1.165, 1.54) is 0 Å². The lowest BCUT2D eigenvalue weighted by atomic mass is 9.95. The molecular weight excluding hydrogens is 114 g/mol. The number of rotatable bonds is 0. The van der Waals surface area contributed by atoms with Crippen LogP contribution in [0.3, 0.4) is 0 Å². The topological polar surface area (TPSA) is 23.5 Å². The molecule has 0 amide bonds. The zero-order chi connectivity index (χ0) is 7.07. The molecule has 1 saturated heterocycles. The van der Waals surface area contributed by atoms with E-state index in [1.54, 1.807) is 0 Å². The monoisotopic (exact) mass is 129 g/mol. The van der Waals surface area contributed by atoms with Gasteiger partial charge in [0.15, 0.2) is 0 Å². The molecule has 0 aliphatic carbocycles. The smallest absolute Gasteiger partial charge is 0.0783 e. The molecule has 1 rings (SSSR count). The largest absolute Gasteiger partial charge is 0.389 e. The number of aliphatic hydroxyl groups is 1. The van der Waals surface area contributed by atoms with Crippen LogP contribution in [0.1, 0.15) is 13.8 Å². The minimum Gasteiger partial charge on any atom is -0.389 e. The molecule has 2 heteroatoms. The first-order valence-electron chi connectivity index (χ1n) is 3.43. The molecule has 1 fully saturated rings. The van der Waals surface area contributed by atoms with E-state index in [2.05, 4.69) is 11.8 Å². The van der Waals surface area contributed by atoms with E-state index in [9.17, 15) is 5.11 Å². The fourth-order valence-electron chi connectivity index (χ4n) is 1.43. The van der Waals surface area contributed by atoms with Gasteiger partial charge in [-0.05, 0) is 19.9 Å². The quantitative estimate of drug-likeness (QED) is 0.509. The molecule has 2 nitrogen and oxygen atoms in total. The molecule has 0 aromatic carbocycles. The van der Waals surface area contributed by atoms with Crippen LogP contribution in [-0.4, -0.2) is 35.7 Å². The molecule has 0 bridgehead atoms. The summed E-state index contributed by atoms with van der Waals surface area (Å²) in [6.07, 6.45) is 0. The molecule has 0 saturated carbocycles. The number of likely N-dealkylation sites (N-methyl/N-ethyl adjacent to an activating group) is 1. The van der Waals surface area contributed by atoms with Crippen LogP contribution in [0.5, 0.6) is 0 Å². The first kappa shape index (κ1) is 7.03. The highest BCUT2D eigenvalue weighted by atomic mass is 16.3. The molecule has 1 aliphatic heterocycles. The standard InChI is InChI=1S/C7H15NO/c1-6-4-8(3)5-7(6,2)9/h6,9H,4-5H2,1-3H3/t6-,7-/m0/s1. The van der Waals surface area contributed by atoms with Crippen molar-refractivity contribution in [2.24, 2.45) is 5.92 Å². The Balaban J connectivity index is 2.58. The predicted octanol–water partition coefficient (Wildman–Crippen LogP) is 0.319. The second-order valence-corrected chi connectivity index (χ2v) is 3.45. The van der Waals surface area contributed by atoms with E-state index in [-0.39, 0.29) is 0 Å². The average Bonchev–Trinajstić information content (AvgIpc) is 1.79. The molecule has 2 atom stereocenters. The van der Waals surface area contributed by atoms with Crippen LogP contribution in [0, 0.1) is 5.92 Å². The van der Waals surface area contributed by atoms with Crippen LogP contribution in [-0.2, 0) is 0 Å². The van der Waals surface area contributed by atoms with Gasteiger partial charge >= 0.3 is 0 Å². The van der Waals surface area contributed by atoms with Crippen molar-refractivity contribution < 1.29 is 5.11 Å².